The van der Waals surface area contributed by atoms with Gasteiger partial charge in [0.05, 0.1) is 17.1 Å². The summed E-state index contributed by atoms with van der Waals surface area (Å²) < 4.78 is 6.72. The van der Waals surface area contributed by atoms with E-state index >= 15 is 0 Å². The van der Waals surface area contributed by atoms with Crippen LogP contribution in [-0.4, -0.2) is 13.0 Å². The third-order valence-corrected chi connectivity index (χ3v) is 4.09. The molecule has 0 bridgehead atoms. The number of halogens is 2. The fourth-order valence-electron chi connectivity index (χ4n) is 1.76. The van der Waals surface area contributed by atoms with E-state index in [1.54, 1.807) is 25.3 Å². The first-order valence-electron chi connectivity index (χ1n) is 5.92. The molecule has 0 unspecified atom stereocenters. The molecular weight excluding hydrogens is 386 g/mol. The summed E-state index contributed by atoms with van der Waals surface area (Å²) in [6.45, 7) is 1.95. The van der Waals surface area contributed by atoms with Crippen LogP contribution in [0.2, 0.25) is 0 Å². The van der Waals surface area contributed by atoms with Crippen LogP contribution in [0.25, 0.3) is 0 Å². The predicted molar refractivity (Wildman–Crippen MR) is 87.5 cm³/mol. The molecule has 0 atom stereocenters. The van der Waals surface area contributed by atoms with Gasteiger partial charge in [-0.2, -0.15) is 0 Å². The monoisotopic (exact) mass is 397 g/mol. The molecule has 0 spiro atoms. The molecule has 1 N–H and O–H groups in total. The van der Waals surface area contributed by atoms with Gasteiger partial charge >= 0.3 is 0 Å². The van der Waals surface area contributed by atoms with Crippen LogP contribution in [0, 0.1) is 6.92 Å². The zero-order valence-corrected chi connectivity index (χ0v) is 14.2. The van der Waals surface area contributed by atoms with Crippen molar-refractivity contribution in [3.63, 3.8) is 0 Å². The minimum Gasteiger partial charge on any atom is -0.496 e. The minimum atomic E-state index is -0.155. The summed E-state index contributed by atoms with van der Waals surface area (Å²) in [5, 5.41) is 2.86. The summed E-state index contributed by atoms with van der Waals surface area (Å²) in [5.41, 5.74) is 2.35. The molecule has 1 amide bonds. The van der Waals surface area contributed by atoms with E-state index in [1.807, 2.05) is 25.1 Å². The number of amides is 1. The van der Waals surface area contributed by atoms with E-state index in [9.17, 15) is 4.79 Å². The molecule has 5 heteroatoms. The highest BCUT2D eigenvalue weighted by Gasteiger charge is 2.11. The van der Waals surface area contributed by atoms with Crippen molar-refractivity contribution >= 4 is 43.5 Å². The number of methoxy groups -OCH3 is 1. The molecule has 3 nitrogen and oxygen atoms in total. The average Bonchev–Trinajstić information content (AvgIpc) is 2.41. The van der Waals surface area contributed by atoms with Crippen LogP contribution in [0.3, 0.4) is 0 Å². The Morgan fingerprint density at radius 1 is 1.10 bits per heavy atom. The third-order valence-electron chi connectivity index (χ3n) is 2.78. The number of hydrogen-bond acceptors (Lipinski definition) is 2. The molecule has 0 aliphatic rings. The second-order valence-electron chi connectivity index (χ2n) is 4.29. The van der Waals surface area contributed by atoms with Crippen LogP contribution >= 0.6 is 31.9 Å². The highest BCUT2D eigenvalue weighted by molar-refractivity contribution is 9.10. The number of carbonyl (C=O) groups is 1. The van der Waals surface area contributed by atoms with Crippen molar-refractivity contribution in [1.29, 1.82) is 0 Å². The Balaban J connectivity index is 2.23. The van der Waals surface area contributed by atoms with Gasteiger partial charge in [0.2, 0.25) is 0 Å². The first-order chi connectivity index (χ1) is 9.51. The lowest BCUT2D eigenvalue weighted by Gasteiger charge is -2.09. The summed E-state index contributed by atoms with van der Waals surface area (Å²) in [5.74, 6) is 0.567. The van der Waals surface area contributed by atoms with E-state index in [1.165, 1.54) is 0 Å². The van der Waals surface area contributed by atoms with Gasteiger partial charge in [-0.05, 0) is 69.1 Å². The quantitative estimate of drug-likeness (QED) is 0.807. The molecule has 0 fully saturated rings. The Kier molecular flexibility index (Phi) is 4.83. The zero-order valence-electron chi connectivity index (χ0n) is 11.0. The largest absolute Gasteiger partial charge is 0.496 e. The van der Waals surface area contributed by atoms with E-state index in [-0.39, 0.29) is 5.91 Å². The number of benzene rings is 2. The van der Waals surface area contributed by atoms with Gasteiger partial charge < -0.3 is 10.1 Å². The van der Waals surface area contributed by atoms with Crippen molar-refractivity contribution in [3.05, 3.63) is 56.5 Å². The van der Waals surface area contributed by atoms with E-state index < -0.39 is 0 Å². The molecule has 0 saturated heterocycles. The summed E-state index contributed by atoms with van der Waals surface area (Å²) >= 11 is 6.79. The molecule has 0 radical (unpaired) electrons. The molecule has 104 valence electrons. The molecule has 0 aliphatic heterocycles. The molecule has 20 heavy (non-hydrogen) atoms. The molecule has 2 aromatic carbocycles. The summed E-state index contributed by atoms with van der Waals surface area (Å²) in [4.78, 5) is 12.3. The van der Waals surface area contributed by atoms with Crippen LogP contribution in [0.15, 0.2) is 45.3 Å². The second kappa shape index (κ2) is 6.41. The molecule has 0 aromatic heterocycles. The maximum absolute atomic E-state index is 12.3. The first-order valence-corrected chi connectivity index (χ1v) is 7.51. The zero-order chi connectivity index (χ0) is 14.7. The number of nitrogens with one attached hydrogen (secondary N) is 1. The number of anilines is 1. The Labute approximate surface area is 134 Å². The number of hydrogen-bond donors (Lipinski definition) is 1. The van der Waals surface area contributed by atoms with Gasteiger partial charge in [-0.3, -0.25) is 4.79 Å². The predicted octanol–water partition coefficient (Wildman–Crippen LogP) is 4.78. The van der Waals surface area contributed by atoms with Gasteiger partial charge in [0.25, 0.3) is 5.91 Å². The van der Waals surface area contributed by atoms with Crippen molar-refractivity contribution in [1.82, 2.24) is 0 Å². The third kappa shape index (κ3) is 3.41. The first kappa shape index (κ1) is 15.1. The highest BCUT2D eigenvalue weighted by atomic mass is 79.9. The van der Waals surface area contributed by atoms with Gasteiger partial charge in [-0.1, -0.05) is 11.6 Å². The summed E-state index contributed by atoms with van der Waals surface area (Å²) in [7, 11) is 1.60. The fraction of sp³-hybridized carbons (Fsp3) is 0.133. The van der Waals surface area contributed by atoms with Gasteiger partial charge in [0, 0.05) is 10.2 Å². The SMILES string of the molecule is COc1ccc(NC(=O)c2cc(C)ccc2Br)cc1Br. The highest BCUT2D eigenvalue weighted by Crippen LogP contribution is 2.28. The maximum Gasteiger partial charge on any atom is 0.256 e. The van der Waals surface area contributed by atoms with E-state index in [0.29, 0.717) is 11.3 Å². The Morgan fingerprint density at radius 3 is 2.50 bits per heavy atom. The Bertz CT molecular complexity index is 656. The summed E-state index contributed by atoms with van der Waals surface area (Å²) in [6.07, 6.45) is 0. The van der Waals surface area contributed by atoms with Gasteiger partial charge in [-0.15, -0.1) is 0 Å². The fourth-order valence-corrected chi connectivity index (χ4v) is 2.72. The molecule has 2 aromatic rings. The number of carbonyl (C=O) groups excluding carboxylic acids is 1. The molecule has 0 saturated carbocycles. The lowest BCUT2D eigenvalue weighted by molar-refractivity contribution is 0.102. The van der Waals surface area contributed by atoms with Crippen molar-refractivity contribution in [2.24, 2.45) is 0 Å². The lowest BCUT2D eigenvalue weighted by atomic mass is 10.1. The number of rotatable bonds is 3. The number of ether oxygens (including phenoxy) is 1. The van der Waals surface area contributed by atoms with Gasteiger partial charge in [0.15, 0.2) is 0 Å². The molecule has 0 aliphatic carbocycles. The van der Waals surface area contributed by atoms with Crippen LogP contribution in [-0.2, 0) is 0 Å². The standard InChI is InChI=1S/C15H13Br2NO2/c1-9-3-5-12(16)11(7-9)15(19)18-10-4-6-14(20-2)13(17)8-10/h3-8H,1-2H3,(H,18,19). The average molecular weight is 399 g/mol. The van der Waals surface area contributed by atoms with Crippen molar-refractivity contribution in [2.45, 2.75) is 6.92 Å². The van der Waals surface area contributed by atoms with Crippen LogP contribution < -0.4 is 10.1 Å². The normalized spacial score (nSPS) is 10.2. The van der Waals surface area contributed by atoms with Crippen molar-refractivity contribution in [2.75, 3.05) is 12.4 Å². The Morgan fingerprint density at radius 2 is 1.85 bits per heavy atom. The van der Waals surface area contributed by atoms with Gasteiger partial charge in [0.1, 0.15) is 5.75 Å². The van der Waals surface area contributed by atoms with Crippen LogP contribution in [0.4, 0.5) is 5.69 Å². The topological polar surface area (TPSA) is 38.3 Å². The van der Waals surface area contributed by atoms with Crippen molar-refractivity contribution < 1.29 is 9.53 Å². The van der Waals surface area contributed by atoms with E-state index in [2.05, 4.69) is 37.2 Å². The molecule has 2 rings (SSSR count). The Hall–Kier alpha value is -1.33. The summed E-state index contributed by atoms with van der Waals surface area (Å²) in [6, 6.07) is 11.1. The lowest BCUT2D eigenvalue weighted by Crippen LogP contribution is -2.12. The van der Waals surface area contributed by atoms with Crippen molar-refractivity contribution in [3.8, 4) is 5.75 Å². The number of aryl methyl sites for hydroxylation is 1. The van der Waals surface area contributed by atoms with Gasteiger partial charge in [-0.25, -0.2) is 0 Å². The maximum atomic E-state index is 12.3. The smallest absolute Gasteiger partial charge is 0.256 e. The second-order valence-corrected chi connectivity index (χ2v) is 6.00. The van der Waals surface area contributed by atoms with Crippen LogP contribution in [0.5, 0.6) is 5.75 Å². The molecule has 0 heterocycles. The minimum absolute atomic E-state index is 0.155. The van der Waals surface area contributed by atoms with Crippen LogP contribution in [0.1, 0.15) is 15.9 Å². The van der Waals surface area contributed by atoms with E-state index in [0.717, 1.165) is 20.3 Å². The van der Waals surface area contributed by atoms with E-state index in [4.69, 9.17) is 4.74 Å². The molecular formula is C15H13Br2NO2.